The summed E-state index contributed by atoms with van der Waals surface area (Å²) in [6, 6.07) is 14.7. The van der Waals surface area contributed by atoms with Crippen LogP contribution in [-0.2, 0) is 6.42 Å². The van der Waals surface area contributed by atoms with Crippen molar-refractivity contribution in [1.29, 1.82) is 0 Å². The molecule has 11 heteroatoms. The van der Waals surface area contributed by atoms with Crippen molar-refractivity contribution in [3.63, 3.8) is 0 Å². The van der Waals surface area contributed by atoms with Crippen LogP contribution < -0.4 is 0 Å². The van der Waals surface area contributed by atoms with E-state index >= 15 is 0 Å². The van der Waals surface area contributed by atoms with Crippen molar-refractivity contribution in [2.75, 3.05) is 6.54 Å². The van der Waals surface area contributed by atoms with E-state index in [1.165, 1.54) is 41.0 Å². The number of fused-ring (bicyclic) bond motifs is 2. The van der Waals surface area contributed by atoms with Crippen molar-refractivity contribution in [3.8, 4) is 0 Å². The van der Waals surface area contributed by atoms with Crippen molar-refractivity contribution in [1.82, 2.24) is 14.5 Å². The van der Waals surface area contributed by atoms with E-state index in [1.807, 2.05) is 0 Å². The number of hydrogen-bond acceptors (Lipinski definition) is 6. The number of amides is 2. The fraction of sp³-hybridized carbons (Fsp3) is 0.0833. The zero-order valence-electron chi connectivity index (χ0n) is 17.8. The molecular formula is C24H14Cl2N4O5. The number of nitrogens with zero attached hydrogens (tertiary/aromatic N) is 4. The minimum Gasteiger partial charge on any atom is -0.274 e. The van der Waals surface area contributed by atoms with Crippen molar-refractivity contribution in [2.24, 2.45) is 0 Å². The Kier molecular flexibility index (Phi) is 5.58. The Morgan fingerprint density at radius 2 is 1.54 bits per heavy atom. The molecule has 0 saturated carbocycles. The second kappa shape index (κ2) is 8.61. The molecule has 0 N–H and O–H groups in total. The average molecular weight is 509 g/mol. The van der Waals surface area contributed by atoms with Gasteiger partial charge in [0.25, 0.3) is 23.4 Å². The molecule has 0 unspecified atom stereocenters. The topological polar surface area (TPSA) is 115 Å². The normalized spacial score (nSPS) is 12.9. The largest absolute Gasteiger partial charge is 0.274 e. The van der Waals surface area contributed by atoms with E-state index in [1.54, 1.807) is 24.3 Å². The van der Waals surface area contributed by atoms with E-state index in [4.69, 9.17) is 23.2 Å². The van der Waals surface area contributed by atoms with Gasteiger partial charge in [0.1, 0.15) is 5.82 Å². The van der Waals surface area contributed by atoms with Crippen molar-refractivity contribution >= 4 is 57.6 Å². The predicted octanol–water partition coefficient (Wildman–Crippen LogP) is 4.78. The van der Waals surface area contributed by atoms with Gasteiger partial charge in [-0.2, -0.15) is 0 Å². The summed E-state index contributed by atoms with van der Waals surface area (Å²) in [7, 11) is 0. The van der Waals surface area contributed by atoms with E-state index in [-0.39, 0.29) is 40.1 Å². The molecule has 4 aromatic rings. The summed E-state index contributed by atoms with van der Waals surface area (Å²) in [6.07, 6.45) is 0.0775. The Morgan fingerprint density at radius 3 is 2.14 bits per heavy atom. The SMILES string of the molecule is O=C1c2ccccc2C(=O)N1CCc1nc2cc(Cl)c(Cl)cc2n1C(=O)c1ccc([N+](=O)[O-])cc1. The van der Waals surface area contributed by atoms with E-state index in [0.29, 0.717) is 22.2 Å². The smallest absolute Gasteiger partial charge is 0.269 e. The number of hydrogen-bond donors (Lipinski definition) is 0. The third-order valence-corrected chi connectivity index (χ3v) is 6.45. The summed E-state index contributed by atoms with van der Waals surface area (Å²) >= 11 is 12.3. The molecule has 174 valence electrons. The first kappa shape index (κ1) is 22.7. The number of aromatic nitrogens is 2. The highest BCUT2D eigenvalue weighted by atomic mass is 35.5. The molecule has 0 saturated heterocycles. The van der Waals surface area contributed by atoms with Crippen molar-refractivity contribution in [2.45, 2.75) is 6.42 Å². The van der Waals surface area contributed by atoms with Crippen LogP contribution in [0.4, 0.5) is 5.69 Å². The van der Waals surface area contributed by atoms with Gasteiger partial charge in [-0.25, -0.2) is 4.98 Å². The standard InChI is InChI=1S/C24H14Cl2N4O5/c25-17-11-19-20(12-18(17)26)29(22(31)13-5-7-14(8-6-13)30(34)35)21(27-19)9-10-28-23(32)15-3-1-2-4-16(15)24(28)33/h1-8,11-12H,9-10H2. The van der Waals surface area contributed by atoms with Gasteiger partial charge in [0.2, 0.25) is 0 Å². The molecule has 0 aliphatic carbocycles. The van der Waals surface area contributed by atoms with E-state index in [2.05, 4.69) is 4.98 Å². The third-order valence-electron chi connectivity index (χ3n) is 5.73. The van der Waals surface area contributed by atoms with Gasteiger partial charge in [-0.1, -0.05) is 35.3 Å². The van der Waals surface area contributed by atoms with Crippen LogP contribution in [0, 0.1) is 10.1 Å². The molecule has 1 aromatic heterocycles. The Morgan fingerprint density at radius 1 is 0.943 bits per heavy atom. The predicted molar refractivity (Wildman–Crippen MR) is 128 cm³/mol. The molecule has 1 aliphatic heterocycles. The van der Waals surface area contributed by atoms with Crippen molar-refractivity contribution in [3.05, 3.63) is 103 Å². The molecule has 5 rings (SSSR count). The van der Waals surface area contributed by atoms with E-state index in [9.17, 15) is 24.5 Å². The van der Waals surface area contributed by atoms with Crippen LogP contribution in [0.3, 0.4) is 0 Å². The van der Waals surface area contributed by atoms with Gasteiger partial charge in [-0.05, 0) is 36.4 Å². The molecule has 0 radical (unpaired) electrons. The molecule has 9 nitrogen and oxygen atoms in total. The fourth-order valence-electron chi connectivity index (χ4n) is 4.03. The lowest BCUT2D eigenvalue weighted by Gasteiger charge is -2.14. The van der Waals surface area contributed by atoms with Crippen LogP contribution in [0.25, 0.3) is 11.0 Å². The lowest BCUT2D eigenvalue weighted by Crippen LogP contribution is -2.32. The molecule has 0 bridgehead atoms. The molecule has 1 aliphatic rings. The van der Waals surface area contributed by atoms with Crippen LogP contribution in [-0.4, -0.2) is 43.6 Å². The van der Waals surface area contributed by atoms with Gasteiger partial charge in [0.05, 0.1) is 37.1 Å². The summed E-state index contributed by atoms with van der Waals surface area (Å²) in [4.78, 5) is 55.0. The maximum atomic E-state index is 13.5. The molecule has 2 heterocycles. The summed E-state index contributed by atoms with van der Waals surface area (Å²) < 4.78 is 1.32. The van der Waals surface area contributed by atoms with Gasteiger partial charge in [0, 0.05) is 30.7 Å². The average Bonchev–Trinajstić information content (AvgIpc) is 3.31. The second-order valence-corrected chi connectivity index (χ2v) is 8.60. The molecule has 0 spiro atoms. The lowest BCUT2D eigenvalue weighted by molar-refractivity contribution is -0.384. The van der Waals surface area contributed by atoms with Crippen LogP contribution in [0.15, 0.2) is 60.7 Å². The Hall–Kier alpha value is -4.08. The maximum Gasteiger partial charge on any atom is 0.269 e. The highest BCUT2D eigenvalue weighted by Crippen LogP contribution is 2.30. The number of nitro groups is 1. The first-order chi connectivity index (χ1) is 16.8. The summed E-state index contributed by atoms with van der Waals surface area (Å²) in [5, 5.41) is 11.4. The number of benzene rings is 3. The summed E-state index contributed by atoms with van der Waals surface area (Å²) in [6.45, 7) is -0.00925. The molecule has 0 atom stereocenters. The van der Waals surface area contributed by atoms with Crippen LogP contribution in [0.1, 0.15) is 36.9 Å². The van der Waals surface area contributed by atoms with Crippen molar-refractivity contribution < 1.29 is 19.3 Å². The first-order valence-corrected chi connectivity index (χ1v) is 11.1. The van der Waals surface area contributed by atoms with Crippen LogP contribution in [0.2, 0.25) is 10.0 Å². The van der Waals surface area contributed by atoms with Crippen LogP contribution >= 0.6 is 23.2 Å². The van der Waals surface area contributed by atoms with Crippen LogP contribution in [0.5, 0.6) is 0 Å². The molecule has 0 fully saturated rings. The Labute approximate surface area is 207 Å². The highest BCUT2D eigenvalue weighted by Gasteiger charge is 2.35. The number of nitro benzene ring substituents is 1. The van der Waals surface area contributed by atoms with E-state index < -0.39 is 22.6 Å². The number of carbonyl (C=O) groups excluding carboxylic acids is 3. The Bertz CT molecular complexity index is 1530. The minimum absolute atomic E-state index is 0.00925. The van der Waals surface area contributed by atoms with Gasteiger partial charge >= 0.3 is 0 Å². The lowest BCUT2D eigenvalue weighted by atomic mass is 10.1. The Balaban J connectivity index is 1.52. The number of halogens is 2. The number of carbonyl (C=O) groups is 3. The molecule has 3 aromatic carbocycles. The fourth-order valence-corrected chi connectivity index (χ4v) is 4.34. The van der Waals surface area contributed by atoms with Gasteiger partial charge in [-0.3, -0.25) is 34.0 Å². The number of rotatable bonds is 5. The highest BCUT2D eigenvalue weighted by molar-refractivity contribution is 6.42. The first-order valence-electron chi connectivity index (χ1n) is 10.4. The van der Waals surface area contributed by atoms with Gasteiger partial charge in [0.15, 0.2) is 0 Å². The zero-order valence-corrected chi connectivity index (χ0v) is 19.3. The number of non-ortho nitro benzene ring substituents is 1. The van der Waals surface area contributed by atoms with Gasteiger partial charge < -0.3 is 0 Å². The molecule has 2 amide bonds. The quantitative estimate of drug-likeness (QED) is 0.217. The second-order valence-electron chi connectivity index (χ2n) is 7.79. The number of imide groups is 1. The number of imidazole rings is 1. The van der Waals surface area contributed by atoms with E-state index in [0.717, 1.165) is 4.90 Å². The molecular weight excluding hydrogens is 495 g/mol. The maximum absolute atomic E-state index is 13.5. The summed E-state index contributed by atoms with van der Waals surface area (Å²) in [5.41, 5.74) is 1.45. The summed E-state index contributed by atoms with van der Waals surface area (Å²) in [5.74, 6) is -1.06. The molecule has 35 heavy (non-hydrogen) atoms. The van der Waals surface area contributed by atoms with Gasteiger partial charge in [-0.15, -0.1) is 0 Å². The monoisotopic (exact) mass is 508 g/mol. The third kappa shape index (κ3) is 3.84. The minimum atomic E-state index is -0.559. The zero-order chi connectivity index (χ0) is 24.9.